The predicted octanol–water partition coefficient (Wildman–Crippen LogP) is 4.93. The van der Waals surface area contributed by atoms with Crippen molar-refractivity contribution in [2.24, 2.45) is 4.99 Å². The first-order valence-electron chi connectivity index (χ1n) is 21.1. The highest BCUT2D eigenvalue weighted by atomic mass is 16.5. The Morgan fingerprint density at radius 3 is 2.63 bits per heavy atom. The van der Waals surface area contributed by atoms with Gasteiger partial charge in [-0.3, -0.25) is 24.5 Å². The van der Waals surface area contributed by atoms with E-state index in [-0.39, 0.29) is 23.8 Å². The number of amides is 3. The Kier molecular flexibility index (Phi) is 11.2. The molecule has 2 aromatic carbocycles. The lowest BCUT2D eigenvalue weighted by atomic mass is 9.79. The lowest BCUT2D eigenvalue weighted by molar-refractivity contribution is -0.136. The van der Waals surface area contributed by atoms with Gasteiger partial charge in [0.05, 0.1) is 30.8 Å². The molecule has 4 aliphatic heterocycles. The fraction of sp³-hybridized carbons (Fsp3) is 0.444. The van der Waals surface area contributed by atoms with E-state index in [0.29, 0.717) is 67.5 Å². The zero-order chi connectivity index (χ0) is 42.2. The highest BCUT2D eigenvalue weighted by Crippen LogP contribution is 2.47. The van der Waals surface area contributed by atoms with Gasteiger partial charge in [-0.25, -0.2) is 14.4 Å². The van der Waals surface area contributed by atoms with Crippen LogP contribution in [-0.4, -0.2) is 87.0 Å². The molecule has 0 spiro atoms. The molecule has 5 N–H and O–H groups in total. The zero-order valence-corrected chi connectivity index (χ0v) is 34.6. The molecular weight excluding hydrogens is 763 g/mol. The van der Waals surface area contributed by atoms with Gasteiger partial charge in [-0.15, -0.1) is 6.58 Å². The number of hydrogen-bond donors (Lipinski definition) is 5. The van der Waals surface area contributed by atoms with E-state index in [2.05, 4.69) is 63.0 Å². The first kappa shape index (κ1) is 40.7. The van der Waals surface area contributed by atoms with Crippen LogP contribution < -0.4 is 36.5 Å². The standard InChI is InChI=1S/C45H55N9O6/c1-5-24-53-42(58)33-27-46-43(49-39(33)54(53)37-20-14-29-22-23-45(59,6-2)44(29,3)50-37)47-30-15-17-31(18-16-30)51(4)25-9-7-8-10-26-60-36-13-11-12-32-34(36)28-52(41(32)57)35-19-21-38(55)48-40(35)56/h5,11-18,20,27,35,43,47,49-50,59H,1,6-10,19,21-26,28H2,2-4H3,(H,48,55,56)/t35?,43?,44?,45-/m1/s1. The number of nitrogens with zero attached hydrogens (tertiary/aromatic N) is 5. The lowest BCUT2D eigenvalue weighted by Gasteiger charge is -2.44. The maximum atomic E-state index is 13.6. The van der Waals surface area contributed by atoms with Crippen LogP contribution in [0.3, 0.4) is 0 Å². The van der Waals surface area contributed by atoms with Crippen molar-refractivity contribution in [2.45, 2.75) is 108 Å². The molecule has 15 nitrogen and oxygen atoms in total. The Balaban J connectivity index is 0.809. The first-order valence-corrected chi connectivity index (χ1v) is 21.1. The molecule has 15 heteroatoms. The molecule has 4 atom stereocenters. The average molecular weight is 818 g/mol. The Morgan fingerprint density at radius 1 is 1.07 bits per heavy atom. The molecule has 3 amide bonds. The van der Waals surface area contributed by atoms with Gasteiger partial charge in [0.2, 0.25) is 11.8 Å². The molecule has 3 unspecified atom stereocenters. The fourth-order valence-corrected chi connectivity index (χ4v) is 9.24. The van der Waals surface area contributed by atoms with E-state index in [9.17, 15) is 24.3 Å². The number of fused-ring (bicyclic) bond motifs is 3. The third kappa shape index (κ3) is 7.39. The van der Waals surface area contributed by atoms with E-state index in [4.69, 9.17) is 4.74 Å². The summed E-state index contributed by atoms with van der Waals surface area (Å²) in [4.78, 5) is 59.2. The first-order chi connectivity index (χ1) is 28.9. The van der Waals surface area contributed by atoms with Crippen molar-refractivity contribution in [1.82, 2.24) is 24.9 Å². The number of dihydropyridines is 1. The second kappa shape index (κ2) is 16.5. The number of aromatic nitrogens is 2. The smallest absolute Gasteiger partial charge is 0.278 e. The molecular formula is C45H55N9O6. The Bertz CT molecular complexity index is 2340. The van der Waals surface area contributed by atoms with Gasteiger partial charge in [-0.2, -0.15) is 0 Å². The number of allylic oxidation sites excluding steroid dienone is 3. The lowest BCUT2D eigenvalue weighted by Crippen LogP contribution is -2.59. The summed E-state index contributed by atoms with van der Waals surface area (Å²) >= 11 is 0. The van der Waals surface area contributed by atoms with Crippen molar-refractivity contribution < 1.29 is 24.2 Å². The number of imide groups is 1. The summed E-state index contributed by atoms with van der Waals surface area (Å²) < 4.78 is 9.60. The fourth-order valence-electron chi connectivity index (χ4n) is 9.24. The topological polar surface area (TPSA) is 175 Å². The highest BCUT2D eigenvalue weighted by Gasteiger charge is 2.54. The minimum Gasteiger partial charge on any atom is -0.493 e. The average Bonchev–Trinajstić information content (AvgIpc) is 3.82. The van der Waals surface area contributed by atoms with Gasteiger partial charge in [0.15, 0.2) is 6.29 Å². The van der Waals surface area contributed by atoms with E-state index in [1.165, 1.54) is 0 Å². The predicted molar refractivity (Wildman–Crippen MR) is 232 cm³/mol. The number of carbonyl (C=O) groups excluding carboxylic acids is 3. The Hall–Kier alpha value is -6.09. The summed E-state index contributed by atoms with van der Waals surface area (Å²) in [5, 5.41) is 24.4. The van der Waals surface area contributed by atoms with Gasteiger partial charge in [-0.1, -0.05) is 38.0 Å². The monoisotopic (exact) mass is 817 g/mol. The normalized spacial score (nSPS) is 24.1. The van der Waals surface area contributed by atoms with Crippen LogP contribution in [0.1, 0.15) is 93.1 Å². The molecule has 1 saturated carbocycles. The molecule has 0 bridgehead atoms. The van der Waals surface area contributed by atoms with Crippen LogP contribution in [0.25, 0.3) is 5.82 Å². The van der Waals surface area contributed by atoms with Crippen molar-refractivity contribution in [3.63, 3.8) is 0 Å². The van der Waals surface area contributed by atoms with Crippen LogP contribution in [0, 0.1) is 0 Å². The number of piperidine rings is 1. The summed E-state index contributed by atoms with van der Waals surface area (Å²) in [5.74, 6) is 1.04. The summed E-state index contributed by atoms with van der Waals surface area (Å²) in [6.07, 6.45) is 13.4. The number of ether oxygens (including phenoxy) is 1. The van der Waals surface area contributed by atoms with Gasteiger partial charge in [0.1, 0.15) is 29.0 Å². The second-order valence-corrected chi connectivity index (χ2v) is 16.5. The molecule has 5 heterocycles. The molecule has 8 rings (SSSR count). The molecule has 1 aromatic heterocycles. The molecule has 0 radical (unpaired) electrons. The highest BCUT2D eigenvalue weighted by molar-refractivity contribution is 6.05. The second-order valence-electron chi connectivity index (χ2n) is 16.5. The summed E-state index contributed by atoms with van der Waals surface area (Å²) in [6, 6.07) is 13.0. The molecule has 3 aromatic rings. The number of unbranched alkanes of at least 4 members (excludes halogenated alkanes) is 3. The maximum absolute atomic E-state index is 13.6. The van der Waals surface area contributed by atoms with Gasteiger partial charge in [0, 0.05) is 48.7 Å². The number of hydrogen-bond acceptors (Lipinski definition) is 11. The number of nitrogens with one attached hydrogen (secondary N) is 4. The van der Waals surface area contributed by atoms with Gasteiger partial charge >= 0.3 is 0 Å². The van der Waals surface area contributed by atoms with Crippen molar-refractivity contribution in [1.29, 1.82) is 0 Å². The molecule has 1 aliphatic carbocycles. The van der Waals surface area contributed by atoms with E-state index < -0.39 is 29.4 Å². The van der Waals surface area contributed by atoms with Crippen LogP contribution in [0.5, 0.6) is 5.75 Å². The van der Waals surface area contributed by atoms with Crippen molar-refractivity contribution in [3.05, 3.63) is 99.9 Å². The third-order valence-electron chi connectivity index (χ3n) is 12.9. The minimum atomic E-state index is -0.909. The number of carbonyl (C=O) groups is 3. The van der Waals surface area contributed by atoms with Crippen molar-refractivity contribution >= 4 is 46.9 Å². The van der Waals surface area contributed by atoms with Gasteiger partial charge in [0.25, 0.3) is 11.5 Å². The van der Waals surface area contributed by atoms with Crippen molar-refractivity contribution in [2.75, 3.05) is 35.7 Å². The van der Waals surface area contributed by atoms with Gasteiger partial charge in [-0.05, 0) is 93.5 Å². The maximum Gasteiger partial charge on any atom is 0.278 e. The van der Waals surface area contributed by atoms with Crippen LogP contribution in [-0.2, 0) is 22.7 Å². The van der Waals surface area contributed by atoms with E-state index >= 15 is 0 Å². The molecule has 5 aliphatic rings. The number of rotatable bonds is 16. The zero-order valence-electron chi connectivity index (χ0n) is 34.6. The Labute approximate surface area is 349 Å². The number of anilines is 3. The number of aliphatic imine (C=N–C) groups is 1. The number of benzene rings is 2. The van der Waals surface area contributed by atoms with E-state index in [0.717, 1.165) is 61.2 Å². The minimum absolute atomic E-state index is 0.185. The van der Waals surface area contributed by atoms with Crippen LogP contribution in [0.4, 0.5) is 17.2 Å². The van der Waals surface area contributed by atoms with Crippen LogP contribution >= 0.6 is 0 Å². The summed E-state index contributed by atoms with van der Waals surface area (Å²) in [6.45, 7) is 9.94. The van der Waals surface area contributed by atoms with Gasteiger partial charge < -0.3 is 35.6 Å². The molecule has 2 fully saturated rings. The third-order valence-corrected chi connectivity index (χ3v) is 12.9. The van der Waals surface area contributed by atoms with E-state index in [1.54, 1.807) is 34.0 Å². The Morgan fingerprint density at radius 2 is 1.87 bits per heavy atom. The van der Waals surface area contributed by atoms with Crippen molar-refractivity contribution in [3.8, 4) is 5.75 Å². The molecule has 316 valence electrons. The molecule has 60 heavy (non-hydrogen) atoms. The number of aliphatic hydroxyl groups is 1. The SMILES string of the molecule is C=CCn1c(=O)c2c(n1C1=CC=C3CC[C@](O)(CC)C3(C)N1)NC(Nc1ccc(N(C)CCCCCCOc3cccc4c3CN(C3CCC(=O)NC3=O)C4=O)cc1)N=C2. The quantitative estimate of drug-likeness (QED) is 0.0758. The molecule has 1 saturated heterocycles. The largest absolute Gasteiger partial charge is 0.493 e. The summed E-state index contributed by atoms with van der Waals surface area (Å²) in [5.41, 5.74) is 3.16. The van der Waals surface area contributed by atoms with Crippen LogP contribution in [0.2, 0.25) is 0 Å². The van der Waals surface area contributed by atoms with E-state index in [1.807, 2.05) is 42.8 Å². The summed E-state index contributed by atoms with van der Waals surface area (Å²) in [7, 11) is 2.09. The van der Waals surface area contributed by atoms with Crippen LogP contribution in [0.15, 0.2) is 82.6 Å².